The molecule has 0 aliphatic rings. The molecule has 3 aromatic rings. The van der Waals surface area contributed by atoms with Crippen molar-refractivity contribution in [1.82, 2.24) is 0 Å². The number of carbonyl (C=O) groups is 1. The van der Waals surface area contributed by atoms with Crippen molar-refractivity contribution in [2.24, 2.45) is 0 Å². The summed E-state index contributed by atoms with van der Waals surface area (Å²) < 4.78 is 55.1. The molecule has 0 aliphatic carbocycles. The molecule has 28 heavy (non-hydrogen) atoms. The Labute approximate surface area is 161 Å². The second kappa shape index (κ2) is 7.77. The maximum atomic E-state index is 13.8. The second-order valence-electron chi connectivity index (χ2n) is 6.00. The van der Waals surface area contributed by atoms with E-state index >= 15 is 0 Å². The van der Waals surface area contributed by atoms with Crippen molar-refractivity contribution >= 4 is 27.3 Å². The highest BCUT2D eigenvalue weighted by molar-refractivity contribution is 7.92. The van der Waals surface area contributed by atoms with Gasteiger partial charge in [-0.1, -0.05) is 30.3 Å². The van der Waals surface area contributed by atoms with Gasteiger partial charge in [-0.3, -0.25) is 9.52 Å². The minimum Gasteiger partial charge on any atom is -0.322 e. The van der Waals surface area contributed by atoms with Crippen molar-refractivity contribution in [1.29, 1.82) is 0 Å². The molecule has 0 aromatic heterocycles. The number of aryl methyl sites for hydroxylation is 1. The Hall–Kier alpha value is -3.26. The smallest absolute Gasteiger partial charge is 0.262 e. The summed E-state index contributed by atoms with van der Waals surface area (Å²) in [6.07, 6.45) is 0. The van der Waals surface area contributed by atoms with Gasteiger partial charge in [0.05, 0.1) is 16.1 Å². The Kier molecular flexibility index (Phi) is 5.41. The van der Waals surface area contributed by atoms with E-state index < -0.39 is 27.6 Å². The Morgan fingerprint density at radius 3 is 2.21 bits per heavy atom. The van der Waals surface area contributed by atoms with Gasteiger partial charge in [0.2, 0.25) is 0 Å². The molecule has 2 N–H and O–H groups in total. The number of benzene rings is 3. The number of amides is 1. The third-order valence-electron chi connectivity index (χ3n) is 3.97. The number of halogens is 2. The minimum absolute atomic E-state index is 0.137. The predicted molar refractivity (Wildman–Crippen MR) is 103 cm³/mol. The first-order valence-corrected chi connectivity index (χ1v) is 9.70. The zero-order valence-corrected chi connectivity index (χ0v) is 15.6. The summed E-state index contributed by atoms with van der Waals surface area (Å²) in [4.78, 5) is 12.1. The first-order chi connectivity index (χ1) is 13.3. The molecular weight excluding hydrogens is 386 g/mol. The van der Waals surface area contributed by atoms with Crippen LogP contribution in [0.4, 0.5) is 20.2 Å². The van der Waals surface area contributed by atoms with Crippen LogP contribution in [0.3, 0.4) is 0 Å². The molecule has 5 nitrogen and oxygen atoms in total. The van der Waals surface area contributed by atoms with Gasteiger partial charge in [0.25, 0.3) is 15.9 Å². The van der Waals surface area contributed by atoms with E-state index in [1.54, 1.807) is 6.92 Å². The lowest BCUT2D eigenvalue weighted by Gasteiger charge is -2.13. The molecule has 0 radical (unpaired) electrons. The Balaban J connectivity index is 1.90. The van der Waals surface area contributed by atoms with Gasteiger partial charge >= 0.3 is 0 Å². The van der Waals surface area contributed by atoms with Gasteiger partial charge in [-0.25, -0.2) is 17.2 Å². The van der Waals surface area contributed by atoms with Crippen LogP contribution in [0.1, 0.15) is 15.9 Å². The van der Waals surface area contributed by atoms with Crippen LogP contribution in [-0.2, 0) is 10.0 Å². The molecule has 0 aliphatic heterocycles. The summed E-state index contributed by atoms with van der Waals surface area (Å²) in [6, 6.07) is 15.0. The topological polar surface area (TPSA) is 75.3 Å². The molecule has 3 rings (SSSR count). The average Bonchev–Trinajstić information content (AvgIpc) is 2.65. The van der Waals surface area contributed by atoms with Crippen molar-refractivity contribution in [2.75, 3.05) is 10.0 Å². The third kappa shape index (κ3) is 4.17. The maximum absolute atomic E-state index is 13.8. The van der Waals surface area contributed by atoms with E-state index in [0.717, 1.165) is 12.1 Å². The Bertz CT molecular complexity index is 1150. The van der Waals surface area contributed by atoms with E-state index in [-0.39, 0.29) is 21.8 Å². The highest BCUT2D eigenvalue weighted by atomic mass is 32.2. The number of sulfonamides is 1. The molecule has 8 heteroatoms. The summed E-state index contributed by atoms with van der Waals surface area (Å²) in [6.45, 7) is 1.57. The van der Waals surface area contributed by atoms with Crippen molar-refractivity contribution < 1.29 is 22.0 Å². The van der Waals surface area contributed by atoms with Crippen LogP contribution in [0.15, 0.2) is 71.6 Å². The Morgan fingerprint density at radius 1 is 0.893 bits per heavy atom. The monoisotopic (exact) mass is 402 g/mol. The van der Waals surface area contributed by atoms with Crippen LogP contribution in [-0.4, -0.2) is 14.3 Å². The van der Waals surface area contributed by atoms with Crippen molar-refractivity contribution in [3.8, 4) is 0 Å². The molecule has 144 valence electrons. The quantitative estimate of drug-likeness (QED) is 0.667. The fourth-order valence-electron chi connectivity index (χ4n) is 2.55. The summed E-state index contributed by atoms with van der Waals surface area (Å²) in [5.41, 5.74) is 0.195. The molecular formula is C20H16F2N2O3S. The molecule has 0 saturated carbocycles. The summed E-state index contributed by atoms with van der Waals surface area (Å²) in [7, 11) is -4.11. The van der Waals surface area contributed by atoms with E-state index in [2.05, 4.69) is 10.0 Å². The Morgan fingerprint density at radius 2 is 1.54 bits per heavy atom. The first kappa shape index (κ1) is 19.5. The van der Waals surface area contributed by atoms with Gasteiger partial charge in [-0.15, -0.1) is 0 Å². The molecule has 0 atom stereocenters. The van der Waals surface area contributed by atoms with Crippen molar-refractivity contribution in [2.45, 2.75) is 11.8 Å². The SMILES string of the molecule is Cc1ccc(NC(=O)c2ccccc2F)cc1S(=O)(=O)Nc1ccccc1F. The molecule has 0 bridgehead atoms. The van der Waals surface area contributed by atoms with E-state index in [4.69, 9.17) is 0 Å². The van der Waals surface area contributed by atoms with Gasteiger partial charge in [-0.2, -0.15) is 0 Å². The molecule has 0 fully saturated rings. The maximum Gasteiger partial charge on any atom is 0.262 e. The van der Waals surface area contributed by atoms with E-state index in [1.165, 1.54) is 54.6 Å². The fourth-order valence-corrected chi connectivity index (χ4v) is 3.89. The number of hydrogen-bond acceptors (Lipinski definition) is 3. The summed E-state index contributed by atoms with van der Waals surface area (Å²) in [5, 5.41) is 2.47. The zero-order valence-electron chi connectivity index (χ0n) is 14.7. The summed E-state index contributed by atoms with van der Waals surface area (Å²) in [5.74, 6) is -2.12. The number of para-hydroxylation sites is 1. The number of carbonyl (C=O) groups excluding carboxylic acids is 1. The molecule has 0 saturated heterocycles. The predicted octanol–water partition coefficient (Wildman–Crippen LogP) is 4.33. The molecule has 0 heterocycles. The summed E-state index contributed by atoms with van der Waals surface area (Å²) >= 11 is 0. The third-order valence-corrected chi connectivity index (χ3v) is 5.48. The first-order valence-electron chi connectivity index (χ1n) is 8.22. The van der Waals surface area contributed by atoms with Gasteiger partial charge in [0, 0.05) is 5.69 Å². The molecule has 0 unspecified atom stereocenters. The van der Waals surface area contributed by atoms with Crippen LogP contribution < -0.4 is 10.0 Å². The number of nitrogens with one attached hydrogen (secondary N) is 2. The lowest BCUT2D eigenvalue weighted by Crippen LogP contribution is -2.17. The highest BCUT2D eigenvalue weighted by Crippen LogP contribution is 2.24. The molecule has 0 spiro atoms. The van der Waals surface area contributed by atoms with Gasteiger partial charge in [-0.05, 0) is 48.9 Å². The zero-order chi connectivity index (χ0) is 20.3. The van der Waals surface area contributed by atoms with Crippen LogP contribution in [0.2, 0.25) is 0 Å². The number of rotatable bonds is 5. The van der Waals surface area contributed by atoms with E-state index in [0.29, 0.717) is 5.56 Å². The molecule has 1 amide bonds. The minimum atomic E-state index is -4.11. The van der Waals surface area contributed by atoms with Gasteiger partial charge in [0.1, 0.15) is 11.6 Å². The number of anilines is 2. The lowest BCUT2D eigenvalue weighted by atomic mass is 10.2. The van der Waals surface area contributed by atoms with Crippen LogP contribution >= 0.6 is 0 Å². The second-order valence-corrected chi connectivity index (χ2v) is 7.65. The van der Waals surface area contributed by atoms with Gasteiger partial charge < -0.3 is 5.32 Å². The van der Waals surface area contributed by atoms with Crippen molar-refractivity contribution in [3.05, 3.63) is 89.5 Å². The standard InChI is InChI=1S/C20H16F2N2O3S/c1-13-10-11-14(23-20(25)15-6-2-3-7-16(15)21)12-19(13)28(26,27)24-18-9-5-4-8-17(18)22/h2-12,24H,1H3,(H,23,25). The normalized spacial score (nSPS) is 11.1. The van der Waals surface area contributed by atoms with Crippen molar-refractivity contribution in [3.63, 3.8) is 0 Å². The van der Waals surface area contributed by atoms with E-state index in [9.17, 15) is 22.0 Å². The lowest BCUT2D eigenvalue weighted by molar-refractivity contribution is 0.102. The number of hydrogen-bond donors (Lipinski definition) is 2. The largest absolute Gasteiger partial charge is 0.322 e. The van der Waals surface area contributed by atoms with Crippen LogP contribution in [0.5, 0.6) is 0 Å². The van der Waals surface area contributed by atoms with Gasteiger partial charge in [0.15, 0.2) is 0 Å². The van der Waals surface area contributed by atoms with E-state index in [1.807, 2.05) is 0 Å². The fraction of sp³-hybridized carbons (Fsp3) is 0.0500. The molecule has 3 aromatic carbocycles. The average molecular weight is 402 g/mol. The van der Waals surface area contributed by atoms with Crippen LogP contribution in [0.25, 0.3) is 0 Å². The van der Waals surface area contributed by atoms with Crippen LogP contribution in [0, 0.1) is 18.6 Å². The highest BCUT2D eigenvalue weighted by Gasteiger charge is 2.20.